The Morgan fingerprint density at radius 3 is 2.47 bits per heavy atom. The van der Waals surface area contributed by atoms with Crippen LogP contribution in [0.15, 0.2) is 24.3 Å². The number of phenolic OH excluding ortho intramolecular Hbond substituents is 1. The average Bonchev–Trinajstić information content (AvgIpc) is 3.55. The molecule has 0 bridgehead atoms. The lowest BCUT2D eigenvalue weighted by atomic mass is 9.65. The third-order valence-corrected chi connectivity index (χ3v) is 15.1. The molecule has 4 heterocycles. The molecule has 2 aromatic carbocycles. The molecule has 47 heavy (non-hydrogen) atoms. The first kappa shape index (κ1) is 31.9. The number of hydrogen-bond donors (Lipinski definition) is 1. The number of carbonyl (C=O) groups is 4. The van der Waals surface area contributed by atoms with Crippen molar-refractivity contribution < 1.29 is 52.4 Å². The van der Waals surface area contributed by atoms with Gasteiger partial charge in [0.2, 0.25) is 23.0 Å². The minimum atomic E-state index is -2.46. The first-order valence-corrected chi connectivity index (χ1v) is 18.6. The van der Waals surface area contributed by atoms with Crippen LogP contribution in [0, 0.1) is 0 Å². The fourth-order valence-corrected chi connectivity index (χ4v) is 8.38. The van der Waals surface area contributed by atoms with Gasteiger partial charge in [0.1, 0.15) is 17.9 Å². The highest BCUT2D eigenvalue weighted by molar-refractivity contribution is 6.74. The summed E-state index contributed by atoms with van der Waals surface area (Å²) in [5.74, 6) is -4.92. The van der Waals surface area contributed by atoms with E-state index in [0.717, 1.165) is 0 Å². The Balaban J connectivity index is 1.49. The number of phenols is 1. The van der Waals surface area contributed by atoms with E-state index in [0.29, 0.717) is 22.3 Å². The number of aromatic hydroxyl groups is 1. The molecule has 5 aliphatic rings. The third kappa shape index (κ3) is 4.00. The maximum atomic E-state index is 14.9. The number of fused-ring (bicyclic) bond motifs is 4. The lowest BCUT2D eigenvalue weighted by molar-refractivity contribution is -0.257. The summed E-state index contributed by atoms with van der Waals surface area (Å²) >= 11 is 0. The highest BCUT2D eigenvalue weighted by Crippen LogP contribution is 2.61. The van der Waals surface area contributed by atoms with Crippen molar-refractivity contribution in [1.29, 1.82) is 0 Å². The van der Waals surface area contributed by atoms with Gasteiger partial charge in [0.15, 0.2) is 6.29 Å². The minimum absolute atomic E-state index is 0.136. The number of nitrogens with zero attached hydrogens (tertiary/aromatic N) is 1. The molecule has 13 heteroatoms. The fraction of sp³-hybridized carbons (Fsp3) is 0.529. The lowest BCUT2D eigenvalue weighted by Gasteiger charge is -2.47. The molecule has 1 amide bonds. The summed E-state index contributed by atoms with van der Waals surface area (Å²) < 4.78 is 36.7. The Morgan fingerprint density at radius 1 is 1.09 bits per heavy atom. The van der Waals surface area contributed by atoms with E-state index in [4.69, 9.17) is 28.1 Å². The number of hydrogen-bond acceptors (Lipinski definition) is 11. The molecule has 0 saturated carbocycles. The second-order valence-corrected chi connectivity index (χ2v) is 19.3. The molecule has 2 aromatic rings. The number of esters is 1. The molecule has 0 aromatic heterocycles. The van der Waals surface area contributed by atoms with E-state index in [9.17, 15) is 24.3 Å². The zero-order valence-electron chi connectivity index (χ0n) is 27.8. The lowest BCUT2D eigenvalue weighted by Crippen LogP contribution is -2.73. The van der Waals surface area contributed by atoms with Crippen molar-refractivity contribution in [2.75, 3.05) is 20.8 Å². The van der Waals surface area contributed by atoms with Gasteiger partial charge in [-0.05, 0) is 48.1 Å². The molecule has 4 aliphatic heterocycles. The zero-order valence-corrected chi connectivity index (χ0v) is 28.8. The van der Waals surface area contributed by atoms with Crippen LogP contribution in [0.4, 0.5) is 0 Å². The van der Waals surface area contributed by atoms with Gasteiger partial charge in [-0.1, -0.05) is 32.9 Å². The molecule has 5 atom stereocenters. The highest BCUT2D eigenvalue weighted by atomic mass is 28.4. The Hall–Kier alpha value is -3.62. The van der Waals surface area contributed by atoms with Gasteiger partial charge in [-0.25, -0.2) is 0 Å². The normalized spacial score (nSPS) is 31.6. The van der Waals surface area contributed by atoms with Crippen LogP contribution < -0.4 is 4.43 Å². The van der Waals surface area contributed by atoms with Crippen LogP contribution in [0.25, 0.3) is 10.8 Å². The molecule has 0 unspecified atom stereocenters. The zero-order chi connectivity index (χ0) is 34.1. The largest absolute Gasteiger partial charge is 0.543 e. The van der Waals surface area contributed by atoms with Crippen LogP contribution in [-0.2, 0) is 35.0 Å². The Kier molecular flexibility index (Phi) is 6.77. The maximum absolute atomic E-state index is 14.9. The van der Waals surface area contributed by atoms with E-state index >= 15 is 0 Å². The first-order chi connectivity index (χ1) is 21.9. The van der Waals surface area contributed by atoms with Crippen LogP contribution in [0.1, 0.15) is 77.2 Å². The summed E-state index contributed by atoms with van der Waals surface area (Å²) in [5, 5.41) is 12.5. The summed E-state index contributed by atoms with van der Waals surface area (Å²) in [5.41, 5.74) is -4.35. The number of ether oxygens (including phenoxy) is 5. The summed E-state index contributed by atoms with van der Waals surface area (Å²) in [7, 11) is 0.438. The molecule has 1 N–H and O–H groups in total. The first-order valence-electron chi connectivity index (χ1n) is 15.7. The van der Waals surface area contributed by atoms with Gasteiger partial charge in [-0.15, -0.1) is 0 Å². The van der Waals surface area contributed by atoms with Crippen LogP contribution in [0.3, 0.4) is 0 Å². The molecular weight excluding hydrogens is 626 g/mol. The summed E-state index contributed by atoms with van der Waals surface area (Å²) in [6, 6.07) is 3.16. The third-order valence-electron chi connectivity index (χ3n) is 10.8. The maximum Gasteiger partial charge on any atom is 0.312 e. The summed E-state index contributed by atoms with van der Waals surface area (Å²) in [4.78, 5) is 57.9. The van der Waals surface area contributed by atoms with E-state index in [1.165, 1.54) is 18.1 Å². The molecule has 12 nitrogen and oxygen atoms in total. The topological polar surface area (TPSA) is 147 Å². The minimum Gasteiger partial charge on any atom is -0.543 e. The van der Waals surface area contributed by atoms with Gasteiger partial charge in [-0.3, -0.25) is 19.2 Å². The number of ketones is 2. The van der Waals surface area contributed by atoms with Crippen molar-refractivity contribution in [1.82, 2.24) is 4.90 Å². The summed E-state index contributed by atoms with van der Waals surface area (Å²) in [6.45, 7) is 11.8. The Labute approximate surface area is 273 Å². The van der Waals surface area contributed by atoms with Crippen molar-refractivity contribution in [3.05, 3.63) is 46.5 Å². The van der Waals surface area contributed by atoms with Crippen LogP contribution in [0.2, 0.25) is 18.1 Å². The fourth-order valence-electron chi connectivity index (χ4n) is 7.37. The molecule has 2 fully saturated rings. The number of carbonyl (C=O) groups excluding carboxylic acids is 4. The molecule has 250 valence electrons. The highest BCUT2D eigenvalue weighted by Gasteiger charge is 2.86. The van der Waals surface area contributed by atoms with Crippen molar-refractivity contribution in [3.8, 4) is 11.5 Å². The number of amides is 1. The van der Waals surface area contributed by atoms with Gasteiger partial charge >= 0.3 is 5.97 Å². The van der Waals surface area contributed by atoms with Crippen molar-refractivity contribution in [3.63, 3.8) is 0 Å². The van der Waals surface area contributed by atoms with Crippen molar-refractivity contribution in [2.24, 2.45) is 0 Å². The molecule has 7 rings (SSSR count). The number of rotatable bonds is 5. The quantitative estimate of drug-likeness (QED) is 0.275. The van der Waals surface area contributed by atoms with E-state index in [1.807, 2.05) is 12.2 Å². The second kappa shape index (κ2) is 9.95. The molecular formula is C34H39NO11Si. The Morgan fingerprint density at radius 2 is 1.81 bits per heavy atom. The van der Waals surface area contributed by atoms with Crippen LogP contribution in [-0.4, -0.2) is 91.9 Å². The van der Waals surface area contributed by atoms with Gasteiger partial charge in [0.05, 0.1) is 23.8 Å². The van der Waals surface area contributed by atoms with Crippen molar-refractivity contribution in [2.45, 2.75) is 94.6 Å². The summed E-state index contributed by atoms with van der Waals surface area (Å²) in [6.07, 6.45) is 2.12. The molecule has 2 saturated heterocycles. The monoisotopic (exact) mass is 665 g/mol. The van der Waals surface area contributed by atoms with E-state index in [-0.39, 0.29) is 46.5 Å². The number of Topliss-reactive ketones (excluding diaryl/α,β-unsaturated/α-hetero) is 2. The average molecular weight is 666 g/mol. The van der Waals surface area contributed by atoms with E-state index < -0.39 is 67.9 Å². The predicted molar refractivity (Wildman–Crippen MR) is 169 cm³/mol. The second-order valence-electron chi connectivity index (χ2n) is 14.6. The SMILES string of the molecule is CO[C@@]12CC(=O)O[C@@]13C(=O)c1c(cc4cc(O[Si](C)(C)C(C)(C)C)c5c(c4c1O)CN(C)C5=O)C(=O)[C@@]3(O[C@H]1CC=C[C@H](C)O1)CO2. The van der Waals surface area contributed by atoms with Gasteiger partial charge in [0, 0.05) is 38.1 Å². The Bertz CT molecular complexity index is 1830. The van der Waals surface area contributed by atoms with Gasteiger partial charge in [0.25, 0.3) is 19.8 Å². The van der Waals surface area contributed by atoms with E-state index in [1.54, 1.807) is 20.0 Å². The van der Waals surface area contributed by atoms with Crippen LogP contribution in [0.5, 0.6) is 11.5 Å². The molecule has 1 spiro atoms. The number of benzene rings is 2. The number of methoxy groups -OCH3 is 1. The molecule has 0 radical (unpaired) electrons. The van der Waals surface area contributed by atoms with Crippen molar-refractivity contribution >= 4 is 42.5 Å². The predicted octanol–water partition coefficient (Wildman–Crippen LogP) is 4.40. The van der Waals surface area contributed by atoms with Gasteiger partial charge in [-0.2, -0.15) is 0 Å². The van der Waals surface area contributed by atoms with Gasteiger partial charge < -0.3 is 38.1 Å². The standard InChI is InChI=1S/C34H39NO11Si/c1-17-10-9-11-23(43-17)45-32-16-42-33(41-6)14-22(36)44-34(32,33)29(39)26-19(28(32)38)12-18-13-21(46-47(7,8)31(2,3)4)25-20(24(18)27(26)37)15-35(5)30(25)40/h9-10,12-13,17,23,37H,11,14-16H2,1-8H3/t17-,23-,32-,33+,34+/m0/s1. The van der Waals surface area contributed by atoms with Crippen LogP contribution >= 0.6 is 0 Å². The molecule has 1 aliphatic carbocycles. The van der Waals surface area contributed by atoms with E-state index in [2.05, 4.69) is 33.9 Å². The smallest absolute Gasteiger partial charge is 0.312 e.